The van der Waals surface area contributed by atoms with Crippen LogP contribution in [0.5, 0.6) is 5.75 Å². The minimum Gasteiger partial charge on any atom is -0.490 e. The minimum absolute atomic E-state index is 0.317. The normalized spacial score (nSPS) is 14.0. The van der Waals surface area contributed by atoms with E-state index in [1.165, 1.54) is 19.3 Å². The van der Waals surface area contributed by atoms with Gasteiger partial charge in [0.05, 0.1) is 16.7 Å². The van der Waals surface area contributed by atoms with Gasteiger partial charge in [0.2, 0.25) is 0 Å². The number of halogens is 1. The van der Waals surface area contributed by atoms with E-state index in [0.717, 1.165) is 24.2 Å². The van der Waals surface area contributed by atoms with E-state index in [9.17, 15) is 4.79 Å². The first kappa shape index (κ1) is 21.7. The average Bonchev–Trinajstić information content (AvgIpc) is 2.69. The van der Waals surface area contributed by atoms with Crippen molar-refractivity contribution in [3.63, 3.8) is 0 Å². The maximum absolute atomic E-state index is 10.6. The molecule has 0 spiro atoms. The number of ether oxygens (including phenoxy) is 1. The van der Waals surface area contributed by atoms with Crippen LogP contribution in [0.1, 0.15) is 73.5 Å². The molecule has 2 N–H and O–H groups in total. The SMILES string of the molecule is CC(C)c1ccc(C(N)=O)nc1.N#Cc1ccc(OC2CCCCC2)cc1Cl. The largest absolute Gasteiger partial charge is 0.490 e. The third kappa shape index (κ3) is 6.54. The van der Waals surface area contributed by atoms with Crippen LogP contribution in [0.25, 0.3) is 0 Å². The van der Waals surface area contributed by atoms with Crippen LogP contribution in [-0.2, 0) is 0 Å². The predicted molar refractivity (Wildman–Crippen MR) is 111 cm³/mol. The van der Waals surface area contributed by atoms with Gasteiger partial charge in [-0.15, -0.1) is 0 Å². The van der Waals surface area contributed by atoms with Crippen LogP contribution in [0, 0.1) is 11.3 Å². The maximum atomic E-state index is 10.6. The zero-order valence-corrected chi connectivity index (χ0v) is 17.1. The molecule has 148 valence electrons. The molecule has 1 aromatic carbocycles. The van der Waals surface area contributed by atoms with Gasteiger partial charge in [0.1, 0.15) is 17.5 Å². The van der Waals surface area contributed by atoms with E-state index >= 15 is 0 Å². The fraction of sp³-hybridized carbons (Fsp3) is 0.409. The molecular formula is C22H26ClN3O2. The Balaban J connectivity index is 0.000000209. The molecule has 6 heteroatoms. The number of hydrogen-bond acceptors (Lipinski definition) is 4. The van der Waals surface area contributed by atoms with Crippen molar-refractivity contribution in [2.45, 2.75) is 58.0 Å². The second-order valence-corrected chi connectivity index (χ2v) is 7.53. The van der Waals surface area contributed by atoms with E-state index in [0.29, 0.717) is 28.3 Å². The summed E-state index contributed by atoms with van der Waals surface area (Å²) in [4.78, 5) is 14.6. The highest BCUT2D eigenvalue weighted by atomic mass is 35.5. The summed E-state index contributed by atoms with van der Waals surface area (Å²) in [5.74, 6) is 0.723. The van der Waals surface area contributed by atoms with Crippen molar-refractivity contribution in [1.82, 2.24) is 4.98 Å². The summed E-state index contributed by atoms with van der Waals surface area (Å²) in [6.07, 6.45) is 8.05. The van der Waals surface area contributed by atoms with Crippen molar-refractivity contribution in [1.29, 1.82) is 5.26 Å². The lowest BCUT2D eigenvalue weighted by Gasteiger charge is -2.23. The van der Waals surface area contributed by atoms with Gasteiger partial charge >= 0.3 is 0 Å². The molecule has 0 bridgehead atoms. The molecule has 0 aliphatic heterocycles. The van der Waals surface area contributed by atoms with Gasteiger partial charge in [-0.05, 0) is 55.4 Å². The molecule has 2 aromatic rings. The van der Waals surface area contributed by atoms with Gasteiger partial charge in [-0.1, -0.05) is 37.9 Å². The van der Waals surface area contributed by atoms with E-state index in [2.05, 4.69) is 18.8 Å². The highest BCUT2D eigenvalue weighted by Crippen LogP contribution is 2.26. The number of pyridine rings is 1. The van der Waals surface area contributed by atoms with Gasteiger partial charge in [0.25, 0.3) is 5.91 Å². The first-order chi connectivity index (χ1) is 13.4. The molecule has 1 aliphatic carbocycles. The molecule has 0 radical (unpaired) electrons. The van der Waals surface area contributed by atoms with Crippen molar-refractivity contribution in [2.24, 2.45) is 5.73 Å². The number of rotatable bonds is 4. The van der Waals surface area contributed by atoms with E-state index in [-0.39, 0.29) is 0 Å². The van der Waals surface area contributed by atoms with Crippen LogP contribution in [-0.4, -0.2) is 17.0 Å². The second kappa shape index (κ2) is 10.7. The van der Waals surface area contributed by atoms with E-state index < -0.39 is 5.91 Å². The number of nitrogens with zero attached hydrogens (tertiary/aromatic N) is 2. The third-order valence-electron chi connectivity index (χ3n) is 4.62. The summed E-state index contributed by atoms with van der Waals surface area (Å²) in [7, 11) is 0. The van der Waals surface area contributed by atoms with Crippen molar-refractivity contribution in [2.75, 3.05) is 0 Å². The summed E-state index contributed by atoms with van der Waals surface area (Å²) in [6.45, 7) is 4.14. The number of aromatic nitrogens is 1. The third-order valence-corrected chi connectivity index (χ3v) is 4.93. The maximum Gasteiger partial charge on any atom is 0.267 e. The Morgan fingerprint density at radius 2 is 1.96 bits per heavy atom. The van der Waals surface area contributed by atoms with Gasteiger partial charge in [-0.2, -0.15) is 5.26 Å². The Hall–Kier alpha value is -2.58. The number of benzene rings is 1. The van der Waals surface area contributed by atoms with Crippen LogP contribution in [0.15, 0.2) is 36.5 Å². The Morgan fingerprint density at radius 1 is 1.25 bits per heavy atom. The number of carbonyl (C=O) groups excluding carboxylic acids is 1. The minimum atomic E-state index is -0.481. The molecule has 1 aliphatic rings. The topological polar surface area (TPSA) is 89.0 Å². The average molecular weight is 400 g/mol. The Kier molecular flexibility index (Phi) is 8.28. The number of nitriles is 1. The first-order valence-electron chi connectivity index (χ1n) is 9.52. The summed E-state index contributed by atoms with van der Waals surface area (Å²) < 4.78 is 5.84. The van der Waals surface area contributed by atoms with E-state index in [1.54, 1.807) is 24.4 Å². The quantitative estimate of drug-likeness (QED) is 0.762. The molecule has 0 atom stereocenters. The van der Waals surface area contributed by atoms with Crippen LogP contribution >= 0.6 is 11.6 Å². The molecule has 1 heterocycles. The molecule has 1 aromatic heterocycles. The van der Waals surface area contributed by atoms with E-state index in [1.807, 2.05) is 18.2 Å². The van der Waals surface area contributed by atoms with Crippen molar-refractivity contribution in [3.05, 3.63) is 58.4 Å². The zero-order valence-electron chi connectivity index (χ0n) is 16.3. The fourth-order valence-corrected chi connectivity index (χ4v) is 3.14. The molecular weight excluding hydrogens is 374 g/mol. The summed E-state index contributed by atoms with van der Waals surface area (Å²) in [5.41, 5.74) is 6.97. The fourth-order valence-electron chi connectivity index (χ4n) is 2.93. The van der Waals surface area contributed by atoms with Gasteiger partial charge in [0.15, 0.2) is 0 Å². The smallest absolute Gasteiger partial charge is 0.267 e. The number of hydrogen-bond donors (Lipinski definition) is 1. The lowest BCUT2D eigenvalue weighted by Crippen LogP contribution is -2.19. The number of primary amides is 1. The monoisotopic (exact) mass is 399 g/mol. The number of carbonyl (C=O) groups is 1. The molecule has 1 saturated carbocycles. The van der Waals surface area contributed by atoms with Crippen molar-refractivity contribution < 1.29 is 9.53 Å². The first-order valence-corrected chi connectivity index (χ1v) is 9.90. The Morgan fingerprint density at radius 3 is 2.46 bits per heavy atom. The van der Waals surface area contributed by atoms with Gasteiger partial charge in [-0.25, -0.2) is 0 Å². The van der Waals surface area contributed by atoms with Crippen LogP contribution in [0.4, 0.5) is 0 Å². The Labute approximate surface area is 171 Å². The molecule has 3 rings (SSSR count). The lowest BCUT2D eigenvalue weighted by molar-refractivity contribution is 0.0995. The second-order valence-electron chi connectivity index (χ2n) is 7.13. The molecule has 1 fully saturated rings. The standard InChI is InChI=1S/C13H14ClNO.C9H12N2O/c14-13-8-12(7-6-10(13)9-15)16-11-4-2-1-3-5-11;1-6(2)7-3-4-8(9(10)12)11-5-7/h6-8,11H,1-5H2;3-6H,1-2H3,(H2,10,12). The van der Waals surface area contributed by atoms with Gasteiger partial charge in [-0.3, -0.25) is 9.78 Å². The van der Waals surface area contributed by atoms with Gasteiger partial charge < -0.3 is 10.5 Å². The Bertz CT molecular complexity index is 823. The zero-order chi connectivity index (χ0) is 20.5. The molecule has 28 heavy (non-hydrogen) atoms. The van der Waals surface area contributed by atoms with Gasteiger partial charge in [0, 0.05) is 12.3 Å². The highest BCUT2D eigenvalue weighted by molar-refractivity contribution is 6.31. The van der Waals surface area contributed by atoms with Crippen LogP contribution in [0.2, 0.25) is 5.02 Å². The molecule has 0 unspecified atom stereocenters. The summed E-state index contributed by atoms with van der Waals surface area (Å²) in [5, 5.41) is 9.22. The summed E-state index contributed by atoms with van der Waals surface area (Å²) >= 11 is 5.94. The molecule has 5 nitrogen and oxygen atoms in total. The number of amides is 1. The van der Waals surface area contributed by atoms with Crippen molar-refractivity contribution in [3.8, 4) is 11.8 Å². The lowest BCUT2D eigenvalue weighted by atomic mass is 9.98. The van der Waals surface area contributed by atoms with Crippen LogP contribution in [0.3, 0.4) is 0 Å². The molecule has 1 amide bonds. The number of nitrogens with two attached hydrogens (primary N) is 1. The molecule has 0 saturated heterocycles. The predicted octanol–water partition coefficient (Wildman–Crippen LogP) is 5.23. The van der Waals surface area contributed by atoms with E-state index in [4.69, 9.17) is 27.3 Å². The highest BCUT2D eigenvalue weighted by Gasteiger charge is 2.15. The van der Waals surface area contributed by atoms with Crippen LogP contribution < -0.4 is 10.5 Å². The van der Waals surface area contributed by atoms with Crippen molar-refractivity contribution >= 4 is 17.5 Å². The summed E-state index contributed by atoms with van der Waals surface area (Å²) in [6, 6.07) is 10.8.